The van der Waals surface area contributed by atoms with Gasteiger partial charge in [-0.1, -0.05) is 60.7 Å². The van der Waals surface area contributed by atoms with E-state index in [1.54, 1.807) is 49.9 Å². The van der Waals surface area contributed by atoms with Gasteiger partial charge in [-0.05, 0) is 82.6 Å². The third-order valence-electron chi connectivity index (χ3n) is 6.90. The Balaban J connectivity index is 1.32. The number of aromatic nitrogens is 1. The summed E-state index contributed by atoms with van der Waals surface area (Å²) in [6.45, 7) is 6.56. The number of urea groups is 1. The lowest BCUT2D eigenvalue weighted by Crippen LogP contribution is -2.39. The highest BCUT2D eigenvalue weighted by atomic mass is 32.1. The molecule has 2 aromatic carbocycles. The predicted molar refractivity (Wildman–Crippen MR) is 184 cm³/mol. The van der Waals surface area contributed by atoms with Crippen LogP contribution in [0, 0.1) is 0 Å². The number of thiophene rings is 1. The van der Waals surface area contributed by atoms with Crippen molar-refractivity contribution in [2.45, 2.75) is 45.3 Å². The van der Waals surface area contributed by atoms with Gasteiger partial charge in [0.25, 0.3) is 5.91 Å². The van der Waals surface area contributed by atoms with Gasteiger partial charge in [-0.15, -0.1) is 11.3 Å². The number of nitrogens with zero attached hydrogens (tertiary/aromatic N) is 2. The van der Waals surface area contributed by atoms with E-state index in [0.717, 1.165) is 23.2 Å². The monoisotopic (exact) mass is 642 g/mol. The van der Waals surface area contributed by atoms with Gasteiger partial charge in [0, 0.05) is 23.5 Å². The summed E-state index contributed by atoms with van der Waals surface area (Å²) < 4.78 is 5.30. The van der Waals surface area contributed by atoms with Crippen molar-refractivity contribution in [1.29, 1.82) is 0 Å². The molecule has 2 heterocycles. The SMILES string of the molecule is CN(C)CCC(NC(=O)NCCc1ccc(-c2ccccc2)cc1)c1ccc(C(=O)Nc2cscc2NC(=O)OC(C)(C)C)nc1. The van der Waals surface area contributed by atoms with Crippen LogP contribution in [0.25, 0.3) is 11.1 Å². The number of benzene rings is 2. The first-order valence-electron chi connectivity index (χ1n) is 15.1. The summed E-state index contributed by atoms with van der Waals surface area (Å²) in [5.41, 5.74) is 4.68. The Hall–Kier alpha value is -4.74. The average molecular weight is 643 g/mol. The average Bonchev–Trinajstić information content (AvgIpc) is 3.44. The number of nitrogens with one attached hydrogen (secondary N) is 4. The number of hydrogen-bond donors (Lipinski definition) is 4. The molecule has 0 bridgehead atoms. The maximum Gasteiger partial charge on any atom is 0.412 e. The summed E-state index contributed by atoms with van der Waals surface area (Å²) in [5, 5.41) is 14.9. The van der Waals surface area contributed by atoms with E-state index < -0.39 is 17.6 Å². The normalized spacial score (nSPS) is 11.9. The van der Waals surface area contributed by atoms with E-state index in [0.29, 0.717) is 30.8 Å². The lowest BCUT2D eigenvalue weighted by molar-refractivity contribution is 0.0635. The number of hydrogen-bond acceptors (Lipinski definition) is 7. The van der Waals surface area contributed by atoms with Crippen molar-refractivity contribution in [2.75, 3.05) is 37.8 Å². The lowest BCUT2D eigenvalue weighted by atomic mass is 10.0. The Morgan fingerprint density at radius 1 is 0.891 bits per heavy atom. The molecule has 46 heavy (non-hydrogen) atoms. The molecule has 2 aromatic heterocycles. The van der Waals surface area contributed by atoms with Gasteiger partial charge in [-0.2, -0.15) is 0 Å². The van der Waals surface area contributed by atoms with E-state index in [9.17, 15) is 14.4 Å². The zero-order chi connectivity index (χ0) is 33.1. The van der Waals surface area contributed by atoms with E-state index in [-0.39, 0.29) is 17.8 Å². The van der Waals surface area contributed by atoms with Crippen molar-refractivity contribution in [3.8, 4) is 11.1 Å². The van der Waals surface area contributed by atoms with Gasteiger partial charge in [0.2, 0.25) is 0 Å². The Labute approximate surface area is 274 Å². The van der Waals surface area contributed by atoms with Crippen molar-refractivity contribution in [3.63, 3.8) is 0 Å². The molecule has 0 aliphatic rings. The second-order valence-electron chi connectivity index (χ2n) is 12.1. The lowest BCUT2D eigenvalue weighted by Gasteiger charge is -2.21. The first-order valence-corrected chi connectivity index (χ1v) is 16.1. The minimum atomic E-state index is -0.648. The second kappa shape index (κ2) is 16.0. The molecule has 0 aliphatic heterocycles. The van der Waals surface area contributed by atoms with Gasteiger partial charge >= 0.3 is 12.1 Å². The van der Waals surface area contributed by atoms with Gasteiger partial charge in [0.05, 0.1) is 17.4 Å². The summed E-state index contributed by atoms with van der Waals surface area (Å²) in [4.78, 5) is 44.5. The van der Waals surface area contributed by atoms with Crippen molar-refractivity contribution in [1.82, 2.24) is 20.5 Å². The van der Waals surface area contributed by atoms with Crippen LogP contribution in [-0.4, -0.2) is 60.7 Å². The van der Waals surface area contributed by atoms with Crippen molar-refractivity contribution >= 4 is 40.7 Å². The van der Waals surface area contributed by atoms with Crippen LogP contribution in [0.3, 0.4) is 0 Å². The fraction of sp³-hybridized carbons (Fsp3) is 0.314. The molecule has 0 saturated carbocycles. The fourth-order valence-electron chi connectivity index (χ4n) is 4.57. The molecular formula is C35H42N6O4S. The van der Waals surface area contributed by atoms with E-state index in [1.807, 2.05) is 37.2 Å². The second-order valence-corrected chi connectivity index (χ2v) is 12.9. The minimum absolute atomic E-state index is 0.201. The zero-order valence-electron chi connectivity index (χ0n) is 26.9. The summed E-state index contributed by atoms with van der Waals surface area (Å²) in [7, 11) is 3.95. The number of pyridine rings is 1. The molecule has 0 spiro atoms. The minimum Gasteiger partial charge on any atom is -0.444 e. The zero-order valence-corrected chi connectivity index (χ0v) is 27.7. The Morgan fingerprint density at radius 2 is 1.57 bits per heavy atom. The van der Waals surface area contributed by atoms with Crippen LogP contribution in [-0.2, 0) is 11.2 Å². The van der Waals surface area contributed by atoms with Crippen molar-refractivity contribution in [2.24, 2.45) is 0 Å². The standard InChI is InChI=1S/C35H42N6O4S/c1-35(2,3)45-34(44)40-31-23-46-22-30(31)38-32(42)29-16-15-27(21-37-29)28(18-20-41(4)5)39-33(43)36-19-17-24-11-13-26(14-12-24)25-9-7-6-8-10-25/h6-16,21-23,28H,17-20H2,1-5H3,(H,38,42)(H,40,44)(H2,36,39,43). The molecule has 242 valence electrons. The summed E-state index contributed by atoms with van der Waals surface area (Å²) in [6.07, 6.45) is 2.36. The van der Waals surface area contributed by atoms with Gasteiger partial charge in [-0.25, -0.2) is 9.59 Å². The molecule has 10 nitrogen and oxygen atoms in total. The highest BCUT2D eigenvalue weighted by Crippen LogP contribution is 2.28. The smallest absolute Gasteiger partial charge is 0.412 e. The highest BCUT2D eigenvalue weighted by Gasteiger charge is 2.20. The van der Waals surface area contributed by atoms with Gasteiger partial charge < -0.3 is 25.6 Å². The van der Waals surface area contributed by atoms with Gasteiger partial charge in [0.15, 0.2) is 0 Å². The number of carbonyl (C=O) groups excluding carboxylic acids is 3. The van der Waals surface area contributed by atoms with Crippen molar-refractivity contribution < 1.29 is 19.1 Å². The van der Waals surface area contributed by atoms with E-state index in [2.05, 4.69) is 62.6 Å². The summed E-state index contributed by atoms with van der Waals surface area (Å²) in [6, 6.07) is 21.4. The number of rotatable bonds is 12. The Kier molecular flexibility index (Phi) is 11.9. The molecule has 0 saturated heterocycles. The van der Waals surface area contributed by atoms with Crippen LogP contribution in [0.2, 0.25) is 0 Å². The van der Waals surface area contributed by atoms with Gasteiger partial charge in [-0.3, -0.25) is 15.1 Å². The molecule has 1 atom stereocenters. The number of carbonyl (C=O) groups is 3. The molecule has 11 heteroatoms. The van der Waals surface area contributed by atoms with E-state index in [4.69, 9.17) is 4.74 Å². The Bertz CT molecular complexity index is 1580. The first kappa shape index (κ1) is 34.1. The third kappa shape index (κ3) is 10.7. The predicted octanol–water partition coefficient (Wildman–Crippen LogP) is 6.94. The van der Waals surface area contributed by atoms with Crippen molar-refractivity contribution in [3.05, 3.63) is 101 Å². The van der Waals surface area contributed by atoms with Crippen LogP contribution in [0.5, 0.6) is 0 Å². The quantitative estimate of drug-likeness (QED) is 0.133. The molecule has 0 aliphatic carbocycles. The Morgan fingerprint density at radius 3 is 2.20 bits per heavy atom. The van der Waals surface area contributed by atoms with Gasteiger partial charge in [0.1, 0.15) is 11.3 Å². The number of amides is 4. The maximum atomic E-state index is 13.0. The van der Waals surface area contributed by atoms with Crippen LogP contribution in [0.15, 0.2) is 83.7 Å². The van der Waals surface area contributed by atoms with Crippen LogP contribution >= 0.6 is 11.3 Å². The highest BCUT2D eigenvalue weighted by molar-refractivity contribution is 7.09. The molecule has 0 fully saturated rings. The van der Waals surface area contributed by atoms with Crippen LogP contribution in [0.4, 0.5) is 21.0 Å². The summed E-state index contributed by atoms with van der Waals surface area (Å²) >= 11 is 1.33. The van der Waals surface area contributed by atoms with E-state index in [1.165, 1.54) is 16.9 Å². The molecule has 4 N–H and O–H groups in total. The topological polar surface area (TPSA) is 125 Å². The van der Waals surface area contributed by atoms with Crippen LogP contribution in [0.1, 0.15) is 54.8 Å². The molecule has 4 amide bonds. The third-order valence-corrected chi connectivity index (χ3v) is 7.64. The van der Waals surface area contributed by atoms with Crippen LogP contribution < -0.4 is 21.3 Å². The number of ether oxygens (including phenoxy) is 1. The molecule has 0 radical (unpaired) electrons. The van der Waals surface area contributed by atoms with E-state index >= 15 is 0 Å². The largest absolute Gasteiger partial charge is 0.444 e. The number of anilines is 2. The summed E-state index contributed by atoms with van der Waals surface area (Å²) in [5.74, 6) is -0.426. The molecule has 1 unspecified atom stereocenters. The molecule has 4 rings (SSSR count). The molecule has 4 aromatic rings. The molecular weight excluding hydrogens is 600 g/mol. The fourth-order valence-corrected chi connectivity index (χ4v) is 5.28. The first-order chi connectivity index (χ1) is 22.0. The maximum absolute atomic E-state index is 13.0.